The average molecular weight is 914 g/mol. The zero-order valence-corrected chi connectivity index (χ0v) is 37.6. The predicted molar refractivity (Wildman–Crippen MR) is 232 cm³/mol. The quantitative estimate of drug-likeness (QED) is 0.0472. The van der Waals surface area contributed by atoms with Crippen LogP contribution in [0, 0.1) is 11.3 Å². The lowest BCUT2D eigenvalue weighted by Crippen LogP contribution is -2.48. The van der Waals surface area contributed by atoms with E-state index in [9.17, 15) is 32.8 Å². The minimum Gasteiger partial charge on any atom is -0.497 e. The van der Waals surface area contributed by atoms with Crippen molar-refractivity contribution in [2.24, 2.45) is 0 Å². The van der Waals surface area contributed by atoms with E-state index in [0.717, 1.165) is 10.6 Å². The van der Waals surface area contributed by atoms with E-state index >= 15 is 0 Å². The Kier molecular flexibility index (Phi) is 17.7. The van der Waals surface area contributed by atoms with Crippen molar-refractivity contribution in [2.45, 2.75) is 101 Å². The predicted octanol–water partition coefficient (Wildman–Crippen LogP) is 6.96. The lowest BCUT2D eigenvalue weighted by Gasteiger charge is -2.42. The first-order valence-corrected chi connectivity index (χ1v) is 21.8. The molecule has 1 aromatic heterocycles. The molecule has 1 fully saturated rings. The summed E-state index contributed by atoms with van der Waals surface area (Å²) in [6.07, 6.45) is -9.71. The van der Waals surface area contributed by atoms with E-state index in [1.165, 1.54) is 13.3 Å². The molecule has 0 saturated carbocycles. The Labute approximate surface area is 371 Å². The van der Waals surface area contributed by atoms with Crippen molar-refractivity contribution in [3.63, 3.8) is 0 Å². The summed E-state index contributed by atoms with van der Waals surface area (Å²) in [6, 6.07) is 26.7. The van der Waals surface area contributed by atoms with E-state index in [4.69, 9.17) is 32.7 Å². The number of amides is 1. The van der Waals surface area contributed by atoms with Gasteiger partial charge in [-0.3, -0.25) is 19.1 Å². The Morgan fingerprint density at radius 3 is 1.97 bits per heavy atom. The van der Waals surface area contributed by atoms with Crippen LogP contribution in [0.25, 0.3) is 0 Å². The molecule has 1 aliphatic rings. The van der Waals surface area contributed by atoms with Crippen LogP contribution < -0.4 is 26.0 Å². The number of ether oxygens (including phenoxy) is 5. The normalized spacial score (nSPS) is 18.8. The van der Waals surface area contributed by atoms with Crippen LogP contribution in [0.5, 0.6) is 11.5 Å². The standard InChI is InChI=1S/C45H55F3N5O10P/c1-29(2)53(30(3)4)64(60-28-12-25-49)63-39-38(61-41(40(39)59-7)52-27-24-37(54)51-43(52)56)36(15-11-26-50-42(55)45(46,47)48)62-44(31-13-9-8-10-14-31,32-16-20-34(57-5)21-17-32)33-18-22-35(58-6)23-19-33/h8-10,13-14,16-24,27,29-30,36,38-41H,11-12,15,26,28H2,1-7H3,(H,50,55)(H,51,54,56)/t36?,38-,39-,40-,41-,64?/m1/s1. The second-order valence-electron chi connectivity index (χ2n) is 15.4. The number of halogens is 3. The van der Waals surface area contributed by atoms with Crippen LogP contribution >= 0.6 is 8.53 Å². The summed E-state index contributed by atoms with van der Waals surface area (Å²) in [4.78, 5) is 40.0. The number of carbonyl (C=O) groups is 1. The molecule has 0 aliphatic carbocycles. The summed E-state index contributed by atoms with van der Waals surface area (Å²) in [5, 5.41) is 11.4. The summed E-state index contributed by atoms with van der Waals surface area (Å²) in [5.74, 6) is -0.976. The van der Waals surface area contributed by atoms with Gasteiger partial charge in [0, 0.05) is 38.0 Å². The number of carbonyl (C=O) groups excluding carboxylic acids is 1. The monoisotopic (exact) mass is 913 g/mol. The Balaban J connectivity index is 1.77. The summed E-state index contributed by atoms with van der Waals surface area (Å²) in [5.41, 5.74) is -1.05. The third-order valence-electron chi connectivity index (χ3n) is 10.6. The molecule has 2 unspecified atom stereocenters. The summed E-state index contributed by atoms with van der Waals surface area (Å²) in [6.45, 7) is 7.47. The van der Waals surface area contributed by atoms with Gasteiger partial charge in [-0.1, -0.05) is 54.6 Å². The van der Waals surface area contributed by atoms with E-state index in [1.807, 2.05) is 92.3 Å². The Bertz CT molecular complexity index is 2200. The molecular formula is C45H55F3N5O10P. The number of H-pyrrole nitrogens is 1. The second kappa shape index (κ2) is 22.7. The van der Waals surface area contributed by atoms with Gasteiger partial charge in [0.15, 0.2) is 6.23 Å². The summed E-state index contributed by atoms with van der Waals surface area (Å²) < 4.78 is 88.3. The molecule has 15 nitrogen and oxygen atoms in total. The third-order valence-corrected chi connectivity index (χ3v) is 12.7. The van der Waals surface area contributed by atoms with Crippen LogP contribution in [-0.2, 0) is 33.7 Å². The van der Waals surface area contributed by atoms with Gasteiger partial charge in [0.2, 0.25) is 0 Å². The minimum absolute atomic E-state index is 0.0156. The lowest BCUT2D eigenvalue weighted by molar-refractivity contribution is -0.173. The van der Waals surface area contributed by atoms with Crippen molar-refractivity contribution in [2.75, 3.05) is 34.5 Å². The molecule has 4 aromatic rings. The molecule has 64 heavy (non-hydrogen) atoms. The van der Waals surface area contributed by atoms with Gasteiger partial charge in [-0.2, -0.15) is 18.4 Å². The van der Waals surface area contributed by atoms with Crippen LogP contribution in [0.15, 0.2) is 101 Å². The van der Waals surface area contributed by atoms with Gasteiger partial charge in [0.25, 0.3) is 14.1 Å². The molecule has 19 heteroatoms. The molecule has 0 spiro atoms. The van der Waals surface area contributed by atoms with E-state index in [-0.39, 0.29) is 38.0 Å². The molecule has 346 valence electrons. The van der Waals surface area contributed by atoms with E-state index in [1.54, 1.807) is 38.5 Å². The van der Waals surface area contributed by atoms with Crippen molar-refractivity contribution in [3.05, 3.63) is 129 Å². The van der Waals surface area contributed by atoms with Crippen LogP contribution in [0.2, 0.25) is 0 Å². The first-order valence-electron chi connectivity index (χ1n) is 20.7. The molecule has 6 atom stereocenters. The summed E-state index contributed by atoms with van der Waals surface area (Å²) >= 11 is 0. The molecule has 1 aliphatic heterocycles. The molecule has 3 aromatic carbocycles. The zero-order chi connectivity index (χ0) is 46.6. The van der Waals surface area contributed by atoms with E-state index < -0.39 is 74.6 Å². The van der Waals surface area contributed by atoms with Gasteiger partial charge in [-0.15, -0.1) is 0 Å². The SMILES string of the molecule is COc1ccc(C(OC(CCCNC(=O)C(F)(F)F)[C@H]2O[C@@H](n3ccc(=O)[nH]c3=O)[C@H](OC)[C@@H]2OP(OCCC#N)N(C(C)C)C(C)C)(c2ccccc2)c2ccc(OC)cc2)cc1. The van der Waals surface area contributed by atoms with Gasteiger partial charge in [0.05, 0.1) is 39.4 Å². The highest BCUT2D eigenvalue weighted by Crippen LogP contribution is 2.52. The highest BCUT2D eigenvalue weighted by atomic mass is 31.2. The minimum atomic E-state index is -5.11. The molecule has 2 heterocycles. The number of aromatic amines is 1. The Morgan fingerprint density at radius 2 is 1.47 bits per heavy atom. The number of nitrogens with one attached hydrogen (secondary N) is 2. The van der Waals surface area contributed by atoms with Crippen LogP contribution in [-0.4, -0.2) is 97.3 Å². The van der Waals surface area contributed by atoms with Crippen molar-refractivity contribution >= 4 is 14.4 Å². The molecule has 1 amide bonds. The van der Waals surface area contributed by atoms with Crippen LogP contribution in [0.3, 0.4) is 0 Å². The maximum Gasteiger partial charge on any atom is 0.471 e. The molecule has 0 bridgehead atoms. The number of rotatable bonds is 22. The van der Waals surface area contributed by atoms with Gasteiger partial charge in [0.1, 0.15) is 35.4 Å². The maximum absolute atomic E-state index is 13.5. The van der Waals surface area contributed by atoms with Gasteiger partial charge < -0.3 is 38.0 Å². The van der Waals surface area contributed by atoms with Gasteiger partial charge in [-0.05, 0) is 81.5 Å². The number of benzene rings is 3. The molecule has 1 saturated heterocycles. The smallest absolute Gasteiger partial charge is 0.471 e. The second-order valence-corrected chi connectivity index (χ2v) is 16.8. The Hall–Kier alpha value is -5.12. The number of alkyl halides is 3. The highest BCUT2D eigenvalue weighted by molar-refractivity contribution is 7.44. The average Bonchev–Trinajstić information content (AvgIpc) is 3.63. The number of nitriles is 1. The van der Waals surface area contributed by atoms with E-state index in [2.05, 4.69) is 11.1 Å². The number of hydrogen-bond acceptors (Lipinski definition) is 12. The molecule has 0 radical (unpaired) electrons. The van der Waals surface area contributed by atoms with Gasteiger partial charge in [-0.25, -0.2) is 9.46 Å². The zero-order valence-electron chi connectivity index (χ0n) is 36.7. The van der Waals surface area contributed by atoms with Crippen LogP contribution in [0.4, 0.5) is 13.2 Å². The van der Waals surface area contributed by atoms with Gasteiger partial charge >= 0.3 is 17.8 Å². The van der Waals surface area contributed by atoms with E-state index in [0.29, 0.717) is 28.2 Å². The fourth-order valence-electron chi connectivity index (χ4n) is 7.74. The first kappa shape index (κ1) is 49.9. The number of methoxy groups -OCH3 is 3. The summed E-state index contributed by atoms with van der Waals surface area (Å²) in [7, 11) is 2.48. The van der Waals surface area contributed by atoms with Crippen LogP contribution in [0.1, 0.15) is 69.9 Å². The van der Waals surface area contributed by atoms with Crippen molar-refractivity contribution in [3.8, 4) is 17.6 Å². The number of hydrogen-bond donors (Lipinski definition) is 2. The highest BCUT2D eigenvalue weighted by Gasteiger charge is 2.54. The fraction of sp³-hybridized carbons (Fsp3) is 0.467. The van der Waals surface area contributed by atoms with Crippen molar-refractivity contribution in [1.29, 1.82) is 5.26 Å². The third kappa shape index (κ3) is 11.8. The molecule has 2 N–H and O–H groups in total. The first-order chi connectivity index (χ1) is 30.6. The van der Waals surface area contributed by atoms with Crippen molar-refractivity contribution < 1.29 is 50.7 Å². The Morgan fingerprint density at radius 1 is 0.891 bits per heavy atom. The molecular weight excluding hydrogens is 858 g/mol. The lowest BCUT2D eigenvalue weighted by atomic mass is 9.79. The molecule has 5 rings (SSSR count). The maximum atomic E-state index is 13.5. The van der Waals surface area contributed by atoms with Crippen molar-refractivity contribution in [1.82, 2.24) is 19.5 Å². The largest absolute Gasteiger partial charge is 0.497 e. The topological polar surface area (TPSA) is 176 Å². The fourth-order valence-corrected chi connectivity index (χ4v) is 9.49. The number of nitrogens with zero attached hydrogens (tertiary/aromatic N) is 3. The number of aromatic nitrogens is 2.